The summed E-state index contributed by atoms with van der Waals surface area (Å²) >= 11 is 5.84. The van der Waals surface area contributed by atoms with Crippen molar-refractivity contribution in [3.05, 3.63) is 30.3 Å². The lowest BCUT2D eigenvalue weighted by Gasteiger charge is -2.30. The molecule has 2 nitrogen and oxygen atoms in total. The smallest absolute Gasteiger partial charge is 0.119 e. The van der Waals surface area contributed by atoms with Gasteiger partial charge in [-0.05, 0) is 25.0 Å². The fourth-order valence-corrected chi connectivity index (χ4v) is 1.93. The number of hydrogen-bond donors (Lipinski definition) is 0. The van der Waals surface area contributed by atoms with Gasteiger partial charge in [0.1, 0.15) is 12.4 Å². The number of alkyl halides is 1. The number of hydrogen-bond acceptors (Lipinski definition) is 2. The van der Waals surface area contributed by atoms with E-state index in [1.54, 1.807) is 0 Å². The highest BCUT2D eigenvalue weighted by atomic mass is 35.5. The summed E-state index contributed by atoms with van der Waals surface area (Å²) in [6.07, 6.45) is 2.31. The van der Waals surface area contributed by atoms with Crippen LogP contribution in [0.4, 0.5) is 0 Å². The van der Waals surface area contributed by atoms with Gasteiger partial charge in [-0.2, -0.15) is 0 Å². The fourth-order valence-electron chi connectivity index (χ4n) is 1.53. The zero-order valence-electron chi connectivity index (χ0n) is 8.56. The summed E-state index contributed by atoms with van der Waals surface area (Å²) in [7, 11) is 0. The molecule has 0 aliphatic heterocycles. The average Bonchev–Trinajstić information content (AvgIpc) is 2.23. The second-order valence-corrected chi connectivity index (χ2v) is 4.34. The second-order valence-electron chi connectivity index (χ2n) is 3.72. The Morgan fingerprint density at radius 1 is 1.13 bits per heavy atom. The zero-order valence-corrected chi connectivity index (χ0v) is 9.32. The highest BCUT2D eigenvalue weighted by molar-refractivity contribution is 6.21. The van der Waals surface area contributed by atoms with Gasteiger partial charge in [0.05, 0.1) is 12.7 Å². The van der Waals surface area contributed by atoms with E-state index in [0.29, 0.717) is 24.7 Å². The van der Waals surface area contributed by atoms with Crippen LogP contribution in [0.3, 0.4) is 0 Å². The molecular weight excluding hydrogens is 212 g/mol. The first kappa shape index (κ1) is 10.8. The van der Waals surface area contributed by atoms with E-state index in [1.807, 2.05) is 30.3 Å². The van der Waals surface area contributed by atoms with E-state index >= 15 is 0 Å². The van der Waals surface area contributed by atoms with Crippen molar-refractivity contribution in [2.45, 2.75) is 24.3 Å². The molecule has 1 aromatic rings. The molecule has 82 valence electrons. The molecule has 0 aromatic heterocycles. The van der Waals surface area contributed by atoms with E-state index < -0.39 is 0 Å². The van der Waals surface area contributed by atoms with Gasteiger partial charge in [-0.25, -0.2) is 0 Å². The lowest BCUT2D eigenvalue weighted by Crippen LogP contribution is -2.32. The monoisotopic (exact) mass is 226 g/mol. The number of halogens is 1. The third-order valence-corrected chi connectivity index (χ3v) is 2.84. The quantitative estimate of drug-likeness (QED) is 0.568. The highest BCUT2D eigenvalue weighted by Crippen LogP contribution is 2.27. The first-order chi connectivity index (χ1) is 7.34. The minimum Gasteiger partial charge on any atom is -0.491 e. The van der Waals surface area contributed by atoms with Gasteiger partial charge in [0, 0.05) is 5.38 Å². The zero-order chi connectivity index (χ0) is 10.5. The van der Waals surface area contributed by atoms with E-state index in [9.17, 15) is 0 Å². The molecular formula is C12H15ClO2. The normalized spacial score (nSPS) is 24.6. The van der Waals surface area contributed by atoms with Crippen molar-refractivity contribution >= 4 is 11.6 Å². The molecule has 0 heterocycles. The van der Waals surface area contributed by atoms with Gasteiger partial charge in [-0.15, -0.1) is 11.6 Å². The van der Waals surface area contributed by atoms with Crippen LogP contribution in [-0.2, 0) is 4.74 Å². The van der Waals surface area contributed by atoms with Gasteiger partial charge in [0.15, 0.2) is 0 Å². The standard InChI is InChI=1S/C12H15ClO2/c13-10-8-12(9-10)15-7-6-14-11-4-2-1-3-5-11/h1-5,10,12H,6-9H2. The van der Waals surface area contributed by atoms with Crippen molar-refractivity contribution in [2.75, 3.05) is 13.2 Å². The minimum atomic E-state index is 0.324. The molecule has 2 rings (SSSR count). The first-order valence-corrected chi connectivity index (χ1v) is 5.72. The van der Waals surface area contributed by atoms with Crippen LogP contribution in [0.1, 0.15) is 12.8 Å². The van der Waals surface area contributed by atoms with Crippen molar-refractivity contribution in [1.82, 2.24) is 0 Å². The molecule has 0 amide bonds. The molecule has 0 spiro atoms. The van der Waals surface area contributed by atoms with Crippen molar-refractivity contribution < 1.29 is 9.47 Å². The predicted molar refractivity (Wildman–Crippen MR) is 60.6 cm³/mol. The van der Waals surface area contributed by atoms with Gasteiger partial charge >= 0.3 is 0 Å². The van der Waals surface area contributed by atoms with E-state index in [0.717, 1.165) is 18.6 Å². The van der Waals surface area contributed by atoms with E-state index in [1.165, 1.54) is 0 Å². The Hall–Kier alpha value is -0.730. The summed E-state index contributed by atoms with van der Waals surface area (Å²) in [6.45, 7) is 1.25. The summed E-state index contributed by atoms with van der Waals surface area (Å²) in [5, 5.41) is 0.324. The summed E-state index contributed by atoms with van der Waals surface area (Å²) in [6, 6.07) is 9.77. The molecule has 0 unspecified atom stereocenters. The number of benzene rings is 1. The van der Waals surface area contributed by atoms with Crippen LogP contribution in [0.25, 0.3) is 0 Å². The molecule has 15 heavy (non-hydrogen) atoms. The van der Waals surface area contributed by atoms with Crippen LogP contribution in [0, 0.1) is 0 Å². The highest BCUT2D eigenvalue weighted by Gasteiger charge is 2.27. The minimum absolute atomic E-state index is 0.324. The Bertz CT molecular complexity index is 283. The third kappa shape index (κ3) is 3.40. The Morgan fingerprint density at radius 2 is 1.87 bits per heavy atom. The SMILES string of the molecule is ClC1CC(OCCOc2ccccc2)C1. The van der Waals surface area contributed by atoms with Crippen LogP contribution in [0.5, 0.6) is 5.75 Å². The maximum atomic E-state index is 5.84. The van der Waals surface area contributed by atoms with Crippen LogP contribution >= 0.6 is 11.6 Å². The Balaban J connectivity index is 1.56. The summed E-state index contributed by atoms with van der Waals surface area (Å²) < 4.78 is 11.1. The summed E-state index contributed by atoms with van der Waals surface area (Å²) in [5.74, 6) is 0.893. The topological polar surface area (TPSA) is 18.5 Å². The van der Waals surface area contributed by atoms with E-state index in [2.05, 4.69) is 0 Å². The molecule has 1 fully saturated rings. The molecule has 0 saturated heterocycles. The molecule has 3 heteroatoms. The molecule has 0 N–H and O–H groups in total. The maximum absolute atomic E-state index is 5.84. The van der Waals surface area contributed by atoms with Crippen molar-refractivity contribution in [3.63, 3.8) is 0 Å². The van der Waals surface area contributed by atoms with Crippen LogP contribution in [-0.4, -0.2) is 24.7 Å². The summed E-state index contributed by atoms with van der Waals surface area (Å²) in [4.78, 5) is 0. The molecule has 1 aliphatic rings. The van der Waals surface area contributed by atoms with Gasteiger partial charge in [-0.1, -0.05) is 18.2 Å². The molecule has 1 aromatic carbocycles. The van der Waals surface area contributed by atoms with Crippen molar-refractivity contribution in [2.24, 2.45) is 0 Å². The van der Waals surface area contributed by atoms with E-state index in [-0.39, 0.29) is 0 Å². The maximum Gasteiger partial charge on any atom is 0.119 e. The molecule has 1 saturated carbocycles. The lowest BCUT2D eigenvalue weighted by molar-refractivity contribution is -0.00810. The van der Waals surface area contributed by atoms with Gasteiger partial charge in [0.2, 0.25) is 0 Å². The number of rotatable bonds is 5. The first-order valence-electron chi connectivity index (χ1n) is 5.28. The third-order valence-electron chi connectivity index (χ3n) is 2.49. The summed E-state index contributed by atoms with van der Waals surface area (Å²) in [5.41, 5.74) is 0. The van der Waals surface area contributed by atoms with Gasteiger partial charge < -0.3 is 9.47 Å². The van der Waals surface area contributed by atoms with Crippen LogP contribution < -0.4 is 4.74 Å². The predicted octanol–water partition coefficient (Wildman–Crippen LogP) is 2.85. The van der Waals surface area contributed by atoms with Gasteiger partial charge in [0.25, 0.3) is 0 Å². The fraction of sp³-hybridized carbons (Fsp3) is 0.500. The van der Waals surface area contributed by atoms with E-state index in [4.69, 9.17) is 21.1 Å². The number of ether oxygens (including phenoxy) is 2. The Labute approximate surface area is 95.1 Å². The van der Waals surface area contributed by atoms with Crippen LogP contribution in [0.2, 0.25) is 0 Å². The van der Waals surface area contributed by atoms with Crippen molar-refractivity contribution in [1.29, 1.82) is 0 Å². The van der Waals surface area contributed by atoms with Gasteiger partial charge in [-0.3, -0.25) is 0 Å². The molecule has 0 bridgehead atoms. The van der Waals surface area contributed by atoms with Crippen LogP contribution in [0.15, 0.2) is 30.3 Å². The van der Waals surface area contributed by atoms with Crippen molar-refractivity contribution in [3.8, 4) is 5.75 Å². The molecule has 0 radical (unpaired) electrons. The molecule has 0 atom stereocenters. The average molecular weight is 227 g/mol. The number of para-hydroxylation sites is 1. The Kier molecular flexibility index (Phi) is 3.87. The second kappa shape index (κ2) is 5.38. The lowest BCUT2D eigenvalue weighted by atomic mass is 9.95. The largest absolute Gasteiger partial charge is 0.491 e. The Morgan fingerprint density at radius 3 is 2.53 bits per heavy atom. The molecule has 1 aliphatic carbocycles.